The van der Waals surface area contributed by atoms with E-state index in [2.05, 4.69) is 28.7 Å². The van der Waals surface area contributed by atoms with Crippen LogP contribution in [0.2, 0.25) is 0 Å². The third-order valence-electron chi connectivity index (χ3n) is 4.00. The predicted octanol–water partition coefficient (Wildman–Crippen LogP) is 2.46. The number of hydrogen-bond donors (Lipinski definition) is 1. The van der Waals surface area contributed by atoms with E-state index in [0.29, 0.717) is 18.7 Å². The van der Waals surface area contributed by atoms with E-state index in [4.69, 9.17) is 4.74 Å². The van der Waals surface area contributed by atoms with Gasteiger partial charge in [-0.2, -0.15) is 0 Å². The Morgan fingerprint density at radius 2 is 2.20 bits per heavy atom. The van der Waals surface area contributed by atoms with E-state index < -0.39 is 0 Å². The normalized spacial score (nSPS) is 23.1. The SMILES string of the molecule is CNC1COCC1c1nc2c(F)cccc2n1C(C)C. The summed E-state index contributed by atoms with van der Waals surface area (Å²) >= 11 is 0. The summed E-state index contributed by atoms with van der Waals surface area (Å²) in [5.74, 6) is 0.814. The second kappa shape index (κ2) is 5.14. The van der Waals surface area contributed by atoms with Crippen LogP contribution >= 0.6 is 0 Å². The Morgan fingerprint density at radius 3 is 2.90 bits per heavy atom. The number of benzene rings is 1. The summed E-state index contributed by atoms with van der Waals surface area (Å²) in [6.07, 6.45) is 0. The quantitative estimate of drug-likeness (QED) is 0.936. The maximum Gasteiger partial charge on any atom is 0.151 e. The molecule has 5 heteroatoms. The van der Waals surface area contributed by atoms with Crippen LogP contribution in [-0.4, -0.2) is 35.9 Å². The van der Waals surface area contributed by atoms with Crippen molar-refractivity contribution in [2.45, 2.75) is 31.8 Å². The maximum absolute atomic E-state index is 14.0. The van der Waals surface area contributed by atoms with Crippen molar-refractivity contribution in [3.8, 4) is 0 Å². The molecule has 1 aromatic heterocycles. The van der Waals surface area contributed by atoms with Crippen molar-refractivity contribution < 1.29 is 9.13 Å². The molecule has 1 N–H and O–H groups in total. The Bertz CT molecular complexity index is 623. The molecular weight excluding hydrogens is 257 g/mol. The second-order valence-electron chi connectivity index (χ2n) is 5.58. The Hall–Kier alpha value is -1.46. The first kappa shape index (κ1) is 13.5. The molecule has 3 rings (SSSR count). The van der Waals surface area contributed by atoms with E-state index in [1.807, 2.05) is 13.1 Å². The van der Waals surface area contributed by atoms with Crippen molar-refractivity contribution in [1.29, 1.82) is 0 Å². The first-order valence-corrected chi connectivity index (χ1v) is 7.04. The van der Waals surface area contributed by atoms with Gasteiger partial charge >= 0.3 is 0 Å². The third kappa shape index (κ3) is 2.01. The first-order chi connectivity index (χ1) is 9.63. The van der Waals surface area contributed by atoms with Crippen LogP contribution in [0.15, 0.2) is 18.2 Å². The number of halogens is 1. The van der Waals surface area contributed by atoms with Gasteiger partial charge in [-0.15, -0.1) is 0 Å². The summed E-state index contributed by atoms with van der Waals surface area (Å²) in [6, 6.07) is 5.59. The molecule has 1 aliphatic heterocycles. The van der Waals surface area contributed by atoms with Crippen molar-refractivity contribution in [3.63, 3.8) is 0 Å². The summed E-state index contributed by atoms with van der Waals surface area (Å²) in [7, 11) is 1.93. The van der Waals surface area contributed by atoms with E-state index >= 15 is 0 Å². The molecule has 0 bridgehead atoms. The van der Waals surface area contributed by atoms with Crippen LogP contribution < -0.4 is 5.32 Å². The lowest BCUT2D eigenvalue weighted by Crippen LogP contribution is -2.32. The fourth-order valence-electron chi connectivity index (χ4n) is 3.00. The summed E-state index contributed by atoms with van der Waals surface area (Å²) in [6.45, 7) is 5.49. The molecule has 0 radical (unpaired) electrons. The van der Waals surface area contributed by atoms with Gasteiger partial charge in [0.25, 0.3) is 0 Å². The number of aromatic nitrogens is 2. The molecule has 0 aliphatic carbocycles. The van der Waals surface area contributed by atoms with Crippen molar-refractivity contribution in [2.24, 2.45) is 0 Å². The molecule has 2 aromatic rings. The fourth-order valence-corrected chi connectivity index (χ4v) is 3.00. The zero-order valence-electron chi connectivity index (χ0n) is 12.1. The molecule has 2 unspecified atom stereocenters. The average Bonchev–Trinajstić information content (AvgIpc) is 3.02. The third-order valence-corrected chi connectivity index (χ3v) is 4.00. The number of nitrogens with one attached hydrogen (secondary N) is 1. The van der Waals surface area contributed by atoms with Crippen LogP contribution in [0.5, 0.6) is 0 Å². The lowest BCUT2D eigenvalue weighted by atomic mass is 10.0. The van der Waals surface area contributed by atoms with Gasteiger partial charge in [-0.25, -0.2) is 9.37 Å². The van der Waals surface area contributed by atoms with Crippen molar-refractivity contribution >= 4 is 11.0 Å². The van der Waals surface area contributed by atoms with Gasteiger partial charge < -0.3 is 14.6 Å². The molecule has 0 saturated carbocycles. The highest BCUT2D eigenvalue weighted by atomic mass is 19.1. The van der Waals surface area contributed by atoms with Gasteiger partial charge in [0.05, 0.1) is 24.6 Å². The van der Waals surface area contributed by atoms with E-state index in [1.165, 1.54) is 6.07 Å². The van der Waals surface area contributed by atoms with Gasteiger partial charge in [-0.05, 0) is 33.0 Å². The highest BCUT2D eigenvalue weighted by molar-refractivity contribution is 5.77. The molecule has 20 heavy (non-hydrogen) atoms. The molecule has 0 spiro atoms. The second-order valence-corrected chi connectivity index (χ2v) is 5.58. The Balaban J connectivity index is 2.19. The molecule has 2 atom stereocenters. The Labute approximate surface area is 117 Å². The molecule has 0 amide bonds. The summed E-state index contributed by atoms with van der Waals surface area (Å²) in [5.41, 5.74) is 1.31. The average molecular weight is 277 g/mol. The number of nitrogens with zero attached hydrogens (tertiary/aromatic N) is 2. The largest absolute Gasteiger partial charge is 0.379 e. The number of fused-ring (bicyclic) bond motifs is 1. The summed E-state index contributed by atoms with van der Waals surface area (Å²) in [5, 5.41) is 3.27. The molecule has 4 nitrogen and oxygen atoms in total. The lowest BCUT2D eigenvalue weighted by molar-refractivity contribution is 0.187. The van der Waals surface area contributed by atoms with Gasteiger partial charge in [-0.1, -0.05) is 6.07 Å². The monoisotopic (exact) mass is 277 g/mol. The van der Waals surface area contributed by atoms with Gasteiger partial charge in [0.15, 0.2) is 5.82 Å². The Morgan fingerprint density at radius 1 is 1.40 bits per heavy atom. The maximum atomic E-state index is 14.0. The summed E-state index contributed by atoms with van der Waals surface area (Å²) in [4.78, 5) is 4.58. The number of rotatable bonds is 3. The molecule has 108 valence electrons. The number of ether oxygens (including phenoxy) is 1. The highest BCUT2D eigenvalue weighted by Gasteiger charge is 2.33. The fraction of sp³-hybridized carbons (Fsp3) is 0.533. The lowest BCUT2D eigenvalue weighted by Gasteiger charge is -2.20. The number of likely N-dealkylation sites (N-methyl/N-ethyl adjacent to an activating group) is 1. The van der Waals surface area contributed by atoms with Gasteiger partial charge in [0.2, 0.25) is 0 Å². The first-order valence-electron chi connectivity index (χ1n) is 7.04. The van der Waals surface area contributed by atoms with Gasteiger partial charge in [0.1, 0.15) is 11.3 Å². The number of para-hydroxylation sites is 1. The zero-order valence-corrected chi connectivity index (χ0v) is 12.1. The molecular formula is C15H20FN3O. The van der Waals surface area contributed by atoms with Crippen LogP contribution in [0, 0.1) is 5.82 Å². The van der Waals surface area contributed by atoms with Crippen molar-refractivity contribution in [2.75, 3.05) is 20.3 Å². The van der Waals surface area contributed by atoms with Crippen LogP contribution in [-0.2, 0) is 4.74 Å². The molecule has 1 fully saturated rings. The molecule has 1 aromatic carbocycles. The minimum atomic E-state index is -0.261. The number of imidazole rings is 1. The van der Waals surface area contributed by atoms with E-state index in [0.717, 1.165) is 11.3 Å². The topological polar surface area (TPSA) is 39.1 Å². The van der Waals surface area contributed by atoms with Gasteiger partial charge in [-0.3, -0.25) is 0 Å². The van der Waals surface area contributed by atoms with E-state index in [-0.39, 0.29) is 23.8 Å². The zero-order chi connectivity index (χ0) is 14.3. The number of hydrogen-bond acceptors (Lipinski definition) is 3. The van der Waals surface area contributed by atoms with Crippen LogP contribution in [0.4, 0.5) is 4.39 Å². The Kier molecular flexibility index (Phi) is 3.48. The minimum Gasteiger partial charge on any atom is -0.379 e. The highest BCUT2D eigenvalue weighted by Crippen LogP contribution is 2.31. The van der Waals surface area contributed by atoms with Gasteiger partial charge in [0, 0.05) is 12.1 Å². The smallest absolute Gasteiger partial charge is 0.151 e. The van der Waals surface area contributed by atoms with Crippen molar-refractivity contribution in [3.05, 3.63) is 29.8 Å². The molecule has 1 saturated heterocycles. The molecule has 2 heterocycles. The summed E-state index contributed by atoms with van der Waals surface area (Å²) < 4.78 is 21.7. The minimum absolute atomic E-state index is 0.161. The van der Waals surface area contributed by atoms with Crippen LogP contribution in [0.3, 0.4) is 0 Å². The molecule has 1 aliphatic rings. The van der Waals surface area contributed by atoms with E-state index in [9.17, 15) is 4.39 Å². The van der Waals surface area contributed by atoms with E-state index in [1.54, 1.807) is 6.07 Å². The van der Waals surface area contributed by atoms with Crippen molar-refractivity contribution in [1.82, 2.24) is 14.9 Å². The standard InChI is InChI=1S/C15H20FN3O/c1-9(2)19-13-6-4-5-11(16)14(13)18-15(19)10-7-20-8-12(10)17-3/h4-6,9-10,12,17H,7-8H2,1-3H3. The van der Waals surface area contributed by atoms with Crippen LogP contribution in [0.25, 0.3) is 11.0 Å². The predicted molar refractivity (Wildman–Crippen MR) is 76.5 cm³/mol. The van der Waals surface area contributed by atoms with Crippen LogP contribution in [0.1, 0.15) is 31.6 Å².